The Labute approximate surface area is 110 Å². The predicted molar refractivity (Wildman–Crippen MR) is 71.3 cm³/mol. The first-order chi connectivity index (χ1) is 8.22. The number of ether oxygens (including phenoxy) is 1. The van der Waals surface area contributed by atoms with Gasteiger partial charge in [-0.1, -0.05) is 11.6 Å². The second-order valence-electron chi connectivity index (χ2n) is 6.76. The van der Waals surface area contributed by atoms with Crippen molar-refractivity contribution in [2.75, 3.05) is 0 Å². The third-order valence-corrected chi connectivity index (χ3v) is 4.60. The number of aliphatic hydroxyl groups is 2. The molecule has 4 atom stereocenters. The van der Waals surface area contributed by atoms with Crippen LogP contribution in [0.2, 0.25) is 0 Å². The minimum absolute atomic E-state index is 0.123. The van der Waals surface area contributed by atoms with E-state index >= 15 is 0 Å². The molecule has 3 nitrogen and oxygen atoms in total. The van der Waals surface area contributed by atoms with Crippen molar-refractivity contribution in [3.63, 3.8) is 0 Å². The van der Waals surface area contributed by atoms with Gasteiger partial charge in [-0.15, -0.1) is 0 Å². The van der Waals surface area contributed by atoms with E-state index in [-0.39, 0.29) is 17.6 Å². The van der Waals surface area contributed by atoms with Gasteiger partial charge in [-0.2, -0.15) is 0 Å². The predicted octanol–water partition coefficient (Wildman–Crippen LogP) is 2.41. The molecule has 1 saturated heterocycles. The summed E-state index contributed by atoms with van der Waals surface area (Å²) in [6, 6.07) is 0. The summed E-state index contributed by atoms with van der Waals surface area (Å²) < 4.78 is 6.12. The van der Waals surface area contributed by atoms with Crippen LogP contribution in [-0.4, -0.2) is 33.6 Å². The molecule has 0 aromatic carbocycles. The molecule has 0 amide bonds. The molecule has 1 heterocycles. The third-order valence-electron chi connectivity index (χ3n) is 4.60. The Morgan fingerprint density at radius 3 is 2.56 bits per heavy atom. The Morgan fingerprint density at radius 1 is 1.39 bits per heavy atom. The van der Waals surface area contributed by atoms with Gasteiger partial charge in [-0.3, -0.25) is 0 Å². The van der Waals surface area contributed by atoms with Gasteiger partial charge in [0.05, 0.1) is 23.4 Å². The van der Waals surface area contributed by atoms with Gasteiger partial charge in [0.25, 0.3) is 0 Å². The lowest BCUT2D eigenvalue weighted by molar-refractivity contribution is -0.148. The summed E-state index contributed by atoms with van der Waals surface area (Å²) in [5, 5.41) is 20.3. The lowest BCUT2D eigenvalue weighted by atomic mass is 9.75. The highest BCUT2D eigenvalue weighted by molar-refractivity contribution is 5.12. The minimum Gasteiger partial charge on any atom is -0.389 e. The summed E-state index contributed by atoms with van der Waals surface area (Å²) in [4.78, 5) is 0. The standard InChI is InChI=1S/C15H26O3/c1-10-5-6-11(12(16)9-10)15(4)8-7-13(18-15)14(2,3)17/h9,11-13,16-17H,5-8H2,1-4H3. The Bertz CT molecular complexity index is 342. The number of rotatable bonds is 2. The first kappa shape index (κ1) is 14.0. The summed E-state index contributed by atoms with van der Waals surface area (Å²) in [5.74, 6) is 0.147. The molecule has 0 bridgehead atoms. The molecule has 3 heteroatoms. The summed E-state index contributed by atoms with van der Waals surface area (Å²) in [5.41, 5.74) is 0.157. The van der Waals surface area contributed by atoms with Crippen molar-refractivity contribution in [1.29, 1.82) is 0 Å². The molecule has 1 aliphatic carbocycles. The van der Waals surface area contributed by atoms with Gasteiger partial charge in [0.2, 0.25) is 0 Å². The van der Waals surface area contributed by atoms with Gasteiger partial charge in [0.1, 0.15) is 0 Å². The molecule has 2 aliphatic rings. The maximum absolute atomic E-state index is 10.2. The van der Waals surface area contributed by atoms with Crippen LogP contribution in [0.15, 0.2) is 11.6 Å². The van der Waals surface area contributed by atoms with Crippen molar-refractivity contribution in [2.24, 2.45) is 5.92 Å². The van der Waals surface area contributed by atoms with E-state index in [2.05, 4.69) is 13.8 Å². The van der Waals surface area contributed by atoms with E-state index in [1.807, 2.05) is 6.08 Å². The summed E-state index contributed by atoms with van der Waals surface area (Å²) in [6.07, 6.45) is 5.21. The number of allylic oxidation sites excluding steroid dienone is 1. The quantitative estimate of drug-likeness (QED) is 0.744. The normalized spacial score (nSPS) is 41.9. The van der Waals surface area contributed by atoms with E-state index in [1.165, 1.54) is 5.57 Å². The highest BCUT2D eigenvalue weighted by atomic mass is 16.5. The van der Waals surface area contributed by atoms with Gasteiger partial charge in [0, 0.05) is 5.92 Å². The van der Waals surface area contributed by atoms with Crippen LogP contribution in [-0.2, 0) is 4.74 Å². The molecular formula is C15H26O3. The van der Waals surface area contributed by atoms with E-state index in [0.717, 1.165) is 25.7 Å². The van der Waals surface area contributed by atoms with Gasteiger partial charge >= 0.3 is 0 Å². The zero-order valence-corrected chi connectivity index (χ0v) is 11.9. The fourth-order valence-electron chi connectivity index (χ4n) is 3.34. The van der Waals surface area contributed by atoms with Gasteiger partial charge < -0.3 is 14.9 Å². The van der Waals surface area contributed by atoms with Crippen molar-refractivity contribution in [3.05, 3.63) is 11.6 Å². The van der Waals surface area contributed by atoms with E-state index in [1.54, 1.807) is 13.8 Å². The molecule has 2 N–H and O–H groups in total. The third kappa shape index (κ3) is 2.63. The fraction of sp³-hybridized carbons (Fsp3) is 0.867. The molecule has 0 spiro atoms. The molecule has 0 aromatic rings. The Kier molecular flexibility index (Phi) is 3.60. The highest BCUT2D eigenvalue weighted by Gasteiger charge is 2.48. The number of hydrogen-bond acceptors (Lipinski definition) is 3. The van der Waals surface area contributed by atoms with Crippen molar-refractivity contribution >= 4 is 0 Å². The molecule has 18 heavy (non-hydrogen) atoms. The van der Waals surface area contributed by atoms with E-state index < -0.39 is 11.7 Å². The maximum Gasteiger partial charge on any atom is 0.0865 e. The second-order valence-corrected chi connectivity index (χ2v) is 6.76. The Morgan fingerprint density at radius 2 is 2.06 bits per heavy atom. The lowest BCUT2D eigenvalue weighted by Gasteiger charge is -2.40. The zero-order chi connectivity index (χ0) is 13.6. The van der Waals surface area contributed by atoms with E-state index in [9.17, 15) is 10.2 Å². The van der Waals surface area contributed by atoms with Gasteiger partial charge in [0.15, 0.2) is 0 Å². The minimum atomic E-state index is -0.802. The summed E-state index contributed by atoms with van der Waals surface area (Å²) >= 11 is 0. The average molecular weight is 254 g/mol. The summed E-state index contributed by atoms with van der Waals surface area (Å²) in [6.45, 7) is 7.74. The van der Waals surface area contributed by atoms with Crippen molar-refractivity contribution in [1.82, 2.24) is 0 Å². The lowest BCUT2D eigenvalue weighted by Crippen LogP contribution is -2.45. The molecular weight excluding hydrogens is 228 g/mol. The smallest absolute Gasteiger partial charge is 0.0865 e. The molecule has 4 unspecified atom stereocenters. The maximum atomic E-state index is 10.2. The van der Waals surface area contributed by atoms with Crippen molar-refractivity contribution < 1.29 is 14.9 Å². The van der Waals surface area contributed by atoms with Crippen LogP contribution in [0, 0.1) is 5.92 Å². The monoisotopic (exact) mass is 254 g/mol. The van der Waals surface area contributed by atoms with Crippen LogP contribution in [0.5, 0.6) is 0 Å². The SMILES string of the molecule is CC1=CC(O)C(C2(C)CCC(C(C)(C)O)O2)CC1. The zero-order valence-electron chi connectivity index (χ0n) is 11.9. The molecule has 0 aromatic heterocycles. The number of aliphatic hydroxyl groups excluding tert-OH is 1. The van der Waals surface area contributed by atoms with Crippen LogP contribution in [0.3, 0.4) is 0 Å². The van der Waals surface area contributed by atoms with E-state index in [4.69, 9.17) is 4.74 Å². The largest absolute Gasteiger partial charge is 0.389 e. The number of hydrogen-bond donors (Lipinski definition) is 2. The molecule has 0 saturated carbocycles. The molecule has 2 rings (SSSR count). The molecule has 1 fully saturated rings. The fourth-order valence-corrected chi connectivity index (χ4v) is 3.34. The topological polar surface area (TPSA) is 49.7 Å². The van der Waals surface area contributed by atoms with Gasteiger partial charge in [-0.25, -0.2) is 0 Å². The van der Waals surface area contributed by atoms with Crippen LogP contribution < -0.4 is 0 Å². The second kappa shape index (κ2) is 4.62. The highest BCUT2D eigenvalue weighted by Crippen LogP contribution is 2.44. The Balaban J connectivity index is 2.10. The molecule has 0 radical (unpaired) electrons. The van der Waals surface area contributed by atoms with E-state index in [0.29, 0.717) is 0 Å². The van der Waals surface area contributed by atoms with Gasteiger partial charge in [-0.05, 0) is 53.4 Å². The first-order valence-electron chi connectivity index (χ1n) is 6.98. The van der Waals surface area contributed by atoms with Crippen molar-refractivity contribution in [2.45, 2.75) is 76.8 Å². The van der Waals surface area contributed by atoms with Crippen LogP contribution in [0.1, 0.15) is 53.4 Å². The average Bonchev–Trinajstić information content (AvgIpc) is 2.61. The van der Waals surface area contributed by atoms with Crippen LogP contribution >= 0.6 is 0 Å². The molecule has 1 aliphatic heterocycles. The van der Waals surface area contributed by atoms with Crippen LogP contribution in [0.4, 0.5) is 0 Å². The van der Waals surface area contributed by atoms with Crippen molar-refractivity contribution in [3.8, 4) is 0 Å². The Hall–Kier alpha value is -0.380. The summed E-state index contributed by atoms with van der Waals surface area (Å²) in [7, 11) is 0. The molecule has 104 valence electrons. The first-order valence-corrected chi connectivity index (χ1v) is 6.98. The van der Waals surface area contributed by atoms with Crippen LogP contribution in [0.25, 0.3) is 0 Å².